The van der Waals surface area contributed by atoms with E-state index in [-0.39, 0.29) is 11.9 Å². The Hall–Kier alpha value is -2.52. The molecule has 3 aromatic rings. The lowest BCUT2D eigenvalue weighted by atomic mass is 10.0. The number of hydrogen-bond donors (Lipinski definition) is 1. The van der Waals surface area contributed by atoms with Gasteiger partial charge >= 0.3 is 0 Å². The normalized spacial score (nSPS) is 11.9. The van der Waals surface area contributed by atoms with Crippen LogP contribution in [0.2, 0.25) is 5.02 Å². The number of aromatic nitrogens is 1. The molecule has 0 radical (unpaired) electrons. The third-order valence-corrected chi connectivity index (χ3v) is 4.25. The minimum atomic E-state index is -0.0335. The van der Waals surface area contributed by atoms with Gasteiger partial charge in [-0.2, -0.15) is 0 Å². The highest BCUT2D eigenvalue weighted by molar-refractivity contribution is 6.30. The van der Waals surface area contributed by atoms with Gasteiger partial charge < -0.3 is 9.88 Å². The van der Waals surface area contributed by atoms with Gasteiger partial charge in [0.1, 0.15) is 0 Å². The number of anilines is 1. The summed E-state index contributed by atoms with van der Waals surface area (Å²) in [6, 6.07) is 19.4. The topological polar surface area (TPSA) is 34.0 Å². The molecule has 0 saturated heterocycles. The van der Waals surface area contributed by atoms with E-state index in [1.54, 1.807) is 6.07 Å². The Morgan fingerprint density at radius 2 is 1.79 bits per heavy atom. The number of rotatable bonds is 5. The highest BCUT2D eigenvalue weighted by Gasteiger charge is 2.17. The summed E-state index contributed by atoms with van der Waals surface area (Å²) in [5.74, 6) is -0.0250. The first-order valence-electron chi connectivity index (χ1n) is 7.87. The zero-order valence-electron chi connectivity index (χ0n) is 13.4. The van der Waals surface area contributed by atoms with Crippen LogP contribution in [-0.4, -0.2) is 10.5 Å². The van der Waals surface area contributed by atoms with Crippen LogP contribution in [-0.2, 0) is 4.79 Å². The van der Waals surface area contributed by atoms with E-state index < -0.39 is 0 Å². The van der Waals surface area contributed by atoms with E-state index in [4.69, 9.17) is 11.6 Å². The number of carbonyl (C=O) groups excluding carboxylic acids is 1. The molecule has 1 aromatic heterocycles. The number of halogens is 1. The lowest BCUT2D eigenvalue weighted by Gasteiger charge is -2.19. The Kier molecular flexibility index (Phi) is 5.02. The molecule has 0 fully saturated rings. The number of carbonyl (C=O) groups is 1. The Labute approximate surface area is 146 Å². The number of aryl methyl sites for hydroxylation is 1. The molecule has 122 valence electrons. The predicted octanol–water partition coefficient (Wildman–Crippen LogP) is 5.07. The van der Waals surface area contributed by atoms with Gasteiger partial charge in [0.15, 0.2) is 0 Å². The molecule has 0 bridgehead atoms. The van der Waals surface area contributed by atoms with Crippen LogP contribution in [0.4, 0.5) is 5.69 Å². The summed E-state index contributed by atoms with van der Waals surface area (Å²) in [7, 11) is 0. The van der Waals surface area contributed by atoms with Crippen LogP contribution in [0.3, 0.4) is 0 Å². The summed E-state index contributed by atoms with van der Waals surface area (Å²) in [5, 5.41) is 3.66. The molecule has 0 aliphatic heterocycles. The van der Waals surface area contributed by atoms with Crippen molar-refractivity contribution in [2.75, 3.05) is 5.32 Å². The van der Waals surface area contributed by atoms with Crippen molar-refractivity contribution in [1.82, 2.24) is 4.57 Å². The third-order valence-electron chi connectivity index (χ3n) is 4.01. The van der Waals surface area contributed by atoms with E-state index >= 15 is 0 Å². The molecule has 0 aliphatic rings. The fourth-order valence-electron chi connectivity index (χ4n) is 2.77. The number of amides is 1. The molecule has 24 heavy (non-hydrogen) atoms. The Bertz CT molecular complexity index is 813. The summed E-state index contributed by atoms with van der Waals surface area (Å²) < 4.78 is 2.06. The van der Waals surface area contributed by atoms with Gasteiger partial charge in [0, 0.05) is 23.1 Å². The second kappa shape index (κ2) is 7.37. The van der Waals surface area contributed by atoms with E-state index in [1.165, 1.54) is 0 Å². The first-order valence-corrected chi connectivity index (χ1v) is 8.24. The van der Waals surface area contributed by atoms with Gasteiger partial charge in [0.05, 0.1) is 12.5 Å². The molecule has 1 N–H and O–H groups in total. The number of hydrogen-bond acceptors (Lipinski definition) is 1. The van der Waals surface area contributed by atoms with Crippen molar-refractivity contribution in [3.8, 4) is 0 Å². The minimum absolute atomic E-state index is 0.0250. The van der Waals surface area contributed by atoms with Gasteiger partial charge in [-0.1, -0.05) is 41.9 Å². The standard InChI is InChI=1S/C20H19ClN2O/c1-15-13-17(21)9-10-18(15)22-20(24)14-19(23-11-5-6-12-23)16-7-3-2-4-8-16/h2-13,19H,14H2,1H3,(H,22,24)/t19-/m0/s1. The van der Waals surface area contributed by atoms with Crippen LogP contribution in [0, 0.1) is 6.92 Å². The molecule has 4 heteroatoms. The fraction of sp³-hybridized carbons (Fsp3) is 0.150. The van der Waals surface area contributed by atoms with Gasteiger partial charge in [0.25, 0.3) is 0 Å². The molecule has 3 rings (SSSR count). The lowest BCUT2D eigenvalue weighted by molar-refractivity contribution is -0.116. The first-order chi connectivity index (χ1) is 11.6. The van der Waals surface area contributed by atoms with E-state index in [9.17, 15) is 4.79 Å². The van der Waals surface area contributed by atoms with E-state index in [1.807, 2.05) is 73.9 Å². The van der Waals surface area contributed by atoms with Crippen molar-refractivity contribution >= 4 is 23.2 Å². The molecule has 0 aliphatic carbocycles. The van der Waals surface area contributed by atoms with Crippen LogP contribution in [0.15, 0.2) is 73.1 Å². The molecule has 2 aromatic carbocycles. The van der Waals surface area contributed by atoms with Crippen molar-refractivity contribution < 1.29 is 4.79 Å². The SMILES string of the molecule is Cc1cc(Cl)ccc1NC(=O)C[C@@H](c1ccccc1)n1cccc1. The highest BCUT2D eigenvalue weighted by atomic mass is 35.5. The summed E-state index contributed by atoms with van der Waals surface area (Å²) in [6.07, 6.45) is 4.33. The van der Waals surface area contributed by atoms with E-state index in [0.717, 1.165) is 16.8 Å². The van der Waals surface area contributed by atoms with Crippen molar-refractivity contribution in [2.45, 2.75) is 19.4 Å². The van der Waals surface area contributed by atoms with Crippen LogP contribution in [0.1, 0.15) is 23.6 Å². The summed E-state index contributed by atoms with van der Waals surface area (Å²) >= 11 is 5.97. The molecule has 0 spiro atoms. The molecule has 1 atom stereocenters. The maximum Gasteiger partial charge on any atom is 0.226 e. The first kappa shape index (κ1) is 16.3. The maximum atomic E-state index is 12.6. The van der Waals surface area contributed by atoms with E-state index in [0.29, 0.717) is 11.4 Å². The highest BCUT2D eigenvalue weighted by Crippen LogP contribution is 2.24. The quantitative estimate of drug-likeness (QED) is 0.692. The molecule has 0 unspecified atom stereocenters. The number of nitrogens with zero attached hydrogens (tertiary/aromatic N) is 1. The van der Waals surface area contributed by atoms with Gasteiger partial charge in [0.2, 0.25) is 5.91 Å². The summed E-state index contributed by atoms with van der Waals surface area (Å²) in [6.45, 7) is 1.93. The average Bonchev–Trinajstić information content (AvgIpc) is 3.10. The molecular weight excluding hydrogens is 320 g/mol. The van der Waals surface area contributed by atoms with Crippen molar-refractivity contribution in [1.29, 1.82) is 0 Å². The molecule has 0 saturated carbocycles. The predicted molar refractivity (Wildman–Crippen MR) is 98.4 cm³/mol. The van der Waals surface area contributed by atoms with Crippen LogP contribution < -0.4 is 5.32 Å². The number of nitrogens with one attached hydrogen (secondary N) is 1. The zero-order chi connectivity index (χ0) is 16.9. The third kappa shape index (κ3) is 3.87. The molecule has 1 amide bonds. The largest absolute Gasteiger partial charge is 0.346 e. The van der Waals surface area contributed by atoms with Gasteiger partial charge in [-0.25, -0.2) is 0 Å². The second-order valence-electron chi connectivity index (χ2n) is 5.77. The van der Waals surface area contributed by atoms with Crippen LogP contribution in [0.5, 0.6) is 0 Å². The molecule has 1 heterocycles. The van der Waals surface area contributed by atoms with Gasteiger partial charge in [-0.3, -0.25) is 4.79 Å². The maximum absolute atomic E-state index is 12.6. The van der Waals surface area contributed by atoms with E-state index in [2.05, 4.69) is 9.88 Å². The van der Waals surface area contributed by atoms with Crippen LogP contribution >= 0.6 is 11.6 Å². The monoisotopic (exact) mass is 338 g/mol. The van der Waals surface area contributed by atoms with Crippen molar-refractivity contribution in [2.24, 2.45) is 0 Å². The van der Waals surface area contributed by atoms with Crippen LogP contribution in [0.25, 0.3) is 0 Å². The zero-order valence-corrected chi connectivity index (χ0v) is 14.2. The van der Waals surface area contributed by atoms with Crippen molar-refractivity contribution in [3.63, 3.8) is 0 Å². The second-order valence-corrected chi connectivity index (χ2v) is 6.20. The Morgan fingerprint density at radius 1 is 1.08 bits per heavy atom. The lowest BCUT2D eigenvalue weighted by Crippen LogP contribution is -2.20. The summed E-state index contributed by atoms with van der Waals surface area (Å²) in [5.41, 5.74) is 2.86. The van der Waals surface area contributed by atoms with Crippen molar-refractivity contribution in [3.05, 3.63) is 89.2 Å². The minimum Gasteiger partial charge on any atom is -0.346 e. The Balaban J connectivity index is 1.79. The van der Waals surface area contributed by atoms with Gasteiger partial charge in [-0.15, -0.1) is 0 Å². The average molecular weight is 339 g/mol. The summed E-state index contributed by atoms with van der Waals surface area (Å²) in [4.78, 5) is 12.6. The smallest absolute Gasteiger partial charge is 0.226 e. The molecular formula is C20H19ClN2O. The van der Waals surface area contributed by atoms with Gasteiger partial charge in [-0.05, 0) is 48.4 Å². The molecule has 3 nitrogen and oxygen atoms in total. The fourth-order valence-corrected chi connectivity index (χ4v) is 3.00. The number of benzene rings is 2. The Morgan fingerprint density at radius 3 is 2.46 bits per heavy atom.